The number of carbonyl (C=O) groups is 1. The molecular formula is C71H140N4O6S2. The van der Waals surface area contributed by atoms with Crippen LogP contribution in [0.2, 0.25) is 0 Å². The van der Waals surface area contributed by atoms with E-state index in [1.807, 2.05) is 21.6 Å². The van der Waals surface area contributed by atoms with Gasteiger partial charge < -0.3 is 25.2 Å². The van der Waals surface area contributed by atoms with Gasteiger partial charge in [-0.05, 0) is 103 Å². The highest BCUT2D eigenvalue weighted by atomic mass is 33.1. The molecule has 0 spiro atoms. The van der Waals surface area contributed by atoms with Crippen molar-refractivity contribution in [3.05, 3.63) is 24.3 Å². The summed E-state index contributed by atoms with van der Waals surface area (Å²) in [6.07, 6.45) is 58.4. The molecule has 0 aromatic heterocycles. The summed E-state index contributed by atoms with van der Waals surface area (Å²) in [5, 5.41) is 44.2. The number of aliphatic hydroxyl groups excluding tert-OH is 4. The summed E-state index contributed by atoms with van der Waals surface area (Å²) < 4.78 is 5.75. The SMILES string of the molecule is CCCCCCCC/C=C\CCCCCC[C@@H](O)CN(CCCC(=O)OCCN1CCN(CCSSCCCN(CC(O)CCCCCCCC)CC(O)CCCCCCCC)CC1)C[C@H](O)CCCCCC/C=C\CCCCCCCC. The Kier molecular flexibility index (Phi) is 60.9. The van der Waals surface area contributed by atoms with Crippen LogP contribution in [0.3, 0.4) is 0 Å². The molecule has 0 saturated carbocycles. The zero-order valence-corrected chi connectivity index (χ0v) is 57.0. The van der Waals surface area contributed by atoms with Gasteiger partial charge in [-0.3, -0.25) is 24.4 Å². The van der Waals surface area contributed by atoms with Crippen LogP contribution in [0.15, 0.2) is 24.3 Å². The summed E-state index contributed by atoms with van der Waals surface area (Å²) >= 11 is 0. The monoisotopic (exact) mass is 1210 g/mol. The third-order valence-corrected chi connectivity index (χ3v) is 19.5. The Hall–Kier alpha value is -0.670. The second kappa shape index (κ2) is 62.9. The van der Waals surface area contributed by atoms with Gasteiger partial charge in [0.25, 0.3) is 0 Å². The fourth-order valence-corrected chi connectivity index (χ4v) is 13.7. The number of piperazine rings is 1. The molecule has 1 fully saturated rings. The second-order valence-corrected chi connectivity index (χ2v) is 28.0. The Balaban J connectivity index is 2.41. The van der Waals surface area contributed by atoms with Crippen LogP contribution in [0.4, 0.5) is 0 Å². The molecular weight excluding hydrogens is 1070 g/mol. The summed E-state index contributed by atoms with van der Waals surface area (Å²) in [6.45, 7) is 19.4. The van der Waals surface area contributed by atoms with E-state index in [2.05, 4.69) is 71.6 Å². The van der Waals surface area contributed by atoms with E-state index in [0.717, 1.165) is 141 Å². The minimum absolute atomic E-state index is 0.149. The van der Waals surface area contributed by atoms with E-state index in [0.29, 0.717) is 52.2 Å². The highest BCUT2D eigenvalue weighted by Crippen LogP contribution is 2.23. The van der Waals surface area contributed by atoms with Gasteiger partial charge in [0.05, 0.1) is 24.4 Å². The van der Waals surface area contributed by atoms with E-state index >= 15 is 0 Å². The normalized spacial score (nSPS) is 15.2. The number of hydrogen-bond acceptors (Lipinski definition) is 12. The molecule has 1 heterocycles. The summed E-state index contributed by atoms with van der Waals surface area (Å²) in [4.78, 5) is 22.5. The van der Waals surface area contributed by atoms with E-state index in [-0.39, 0.29) is 18.2 Å². The molecule has 4 N–H and O–H groups in total. The van der Waals surface area contributed by atoms with Gasteiger partial charge in [-0.2, -0.15) is 0 Å². The van der Waals surface area contributed by atoms with Gasteiger partial charge >= 0.3 is 5.97 Å². The number of nitrogens with zero attached hydrogens (tertiary/aromatic N) is 4. The number of esters is 1. The van der Waals surface area contributed by atoms with E-state index in [1.165, 1.54) is 180 Å². The highest BCUT2D eigenvalue weighted by Gasteiger charge is 2.20. The Morgan fingerprint density at radius 2 is 0.699 bits per heavy atom. The van der Waals surface area contributed by atoms with Crippen molar-refractivity contribution in [3.63, 3.8) is 0 Å². The quantitative estimate of drug-likeness (QED) is 0.0201. The van der Waals surface area contributed by atoms with E-state index in [9.17, 15) is 25.2 Å². The molecule has 12 heteroatoms. The molecule has 0 aromatic carbocycles. The summed E-state index contributed by atoms with van der Waals surface area (Å²) in [6, 6.07) is 0. The second-order valence-electron chi connectivity index (χ2n) is 25.3. The Morgan fingerprint density at radius 1 is 0.398 bits per heavy atom. The lowest BCUT2D eigenvalue weighted by molar-refractivity contribution is -0.144. The number of rotatable bonds is 65. The number of hydrogen-bond donors (Lipinski definition) is 4. The molecule has 10 nitrogen and oxygen atoms in total. The maximum Gasteiger partial charge on any atom is 0.305 e. The van der Waals surface area contributed by atoms with Crippen LogP contribution in [0.5, 0.6) is 0 Å². The first-order valence-corrected chi connectivity index (χ1v) is 38.5. The van der Waals surface area contributed by atoms with Crippen molar-refractivity contribution >= 4 is 27.6 Å². The van der Waals surface area contributed by atoms with Crippen LogP contribution in [0, 0.1) is 0 Å². The molecule has 4 atom stereocenters. The molecule has 1 rings (SSSR count). The molecule has 0 aromatic rings. The number of allylic oxidation sites excluding steroid dienone is 4. The third-order valence-electron chi connectivity index (χ3n) is 17.0. The van der Waals surface area contributed by atoms with E-state index < -0.39 is 12.2 Å². The molecule has 2 unspecified atom stereocenters. The van der Waals surface area contributed by atoms with Crippen LogP contribution in [0.25, 0.3) is 0 Å². The highest BCUT2D eigenvalue weighted by molar-refractivity contribution is 8.76. The average Bonchev–Trinajstić information content (AvgIpc) is 3.49. The third kappa shape index (κ3) is 56.3. The van der Waals surface area contributed by atoms with Crippen LogP contribution in [-0.4, -0.2) is 167 Å². The first-order valence-electron chi connectivity index (χ1n) is 36.0. The summed E-state index contributed by atoms with van der Waals surface area (Å²) in [7, 11) is 3.93. The Bertz CT molecular complexity index is 1320. The topological polar surface area (TPSA) is 120 Å². The van der Waals surface area contributed by atoms with Crippen LogP contribution < -0.4 is 0 Å². The zero-order valence-electron chi connectivity index (χ0n) is 55.3. The van der Waals surface area contributed by atoms with Crippen molar-refractivity contribution in [2.45, 2.75) is 328 Å². The molecule has 492 valence electrons. The van der Waals surface area contributed by atoms with Crippen LogP contribution in [-0.2, 0) is 9.53 Å². The number of carbonyl (C=O) groups excluding carboxylic acids is 1. The first-order chi connectivity index (χ1) is 40.7. The molecule has 1 aliphatic heterocycles. The predicted molar refractivity (Wildman–Crippen MR) is 365 cm³/mol. The zero-order chi connectivity index (χ0) is 60.2. The number of aliphatic hydroxyl groups is 4. The average molecular weight is 1210 g/mol. The smallest absolute Gasteiger partial charge is 0.305 e. The fraction of sp³-hybridized carbons (Fsp3) is 0.930. The minimum Gasteiger partial charge on any atom is -0.464 e. The van der Waals surface area contributed by atoms with Crippen molar-refractivity contribution in [2.24, 2.45) is 0 Å². The lowest BCUT2D eigenvalue weighted by Gasteiger charge is -2.34. The molecule has 1 aliphatic rings. The van der Waals surface area contributed by atoms with Gasteiger partial charge in [0.15, 0.2) is 0 Å². The van der Waals surface area contributed by atoms with Crippen molar-refractivity contribution in [2.75, 3.05) is 96.6 Å². The lowest BCUT2D eigenvalue weighted by Crippen LogP contribution is -2.47. The number of ether oxygens (including phenoxy) is 1. The summed E-state index contributed by atoms with van der Waals surface area (Å²) in [5.74, 6) is 2.03. The van der Waals surface area contributed by atoms with Gasteiger partial charge in [-0.15, -0.1) is 0 Å². The molecule has 0 bridgehead atoms. The Morgan fingerprint density at radius 3 is 1.06 bits per heavy atom. The van der Waals surface area contributed by atoms with Gasteiger partial charge in [0.2, 0.25) is 0 Å². The van der Waals surface area contributed by atoms with Crippen molar-refractivity contribution < 1.29 is 30.0 Å². The fourth-order valence-electron chi connectivity index (χ4n) is 11.6. The van der Waals surface area contributed by atoms with Crippen molar-refractivity contribution in [1.29, 1.82) is 0 Å². The van der Waals surface area contributed by atoms with Crippen molar-refractivity contribution in [1.82, 2.24) is 19.6 Å². The van der Waals surface area contributed by atoms with Crippen molar-refractivity contribution in [3.8, 4) is 0 Å². The van der Waals surface area contributed by atoms with E-state index in [1.54, 1.807) is 0 Å². The van der Waals surface area contributed by atoms with Gasteiger partial charge in [0.1, 0.15) is 6.61 Å². The number of unbranched alkanes of at least 4 members (excludes halogenated alkanes) is 30. The lowest BCUT2D eigenvalue weighted by atomic mass is 10.1. The molecule has 0 radical (unpaired) electrons. The summed E-state index contributed by atoms with van der Waals surface area (Å²) in [5.41, 5.74) is 0. The standard InChI is InChI=1S/C71H140N4O6S2/c1-5-9-13-17-21-23-25-27-29-31-33-35-39-43-49-67(76)63-74(64-68(77)50-44-40-36-34-32-30-28-26-24-22-18-14-10-6-2)52-45-51-71(80)81-60-58-72-54-56-73(57-55-72)59-62-83-82-61-46-53-75(65-69(78)47-41-37-19-15-11-7-3)66-70(79)48-42-38-20-16-12-8-4/h27-30,67-70,76-79H,5-26,31-66H2,1-4H3/b29-27-,30-28-/t67-,68-,69?,70?/m1/s1. The molecule has 0 amide bonds. The van der Waals surface area contributed by atoms with Crippen LogP contribution >= 0.6 is 21.6 Å². The van der Waals surface area contributed by atoms with Gasteiger partial charge in [-0.25, -0.2) is 0 Å². The van der Waals surface area contributed by atoms with Gasteiger partial charge in [0, 0.05) is 83.4 Å². The largest absolute Gasteiger partial charge is 0.464 e. The first kappa shape index (κ1) is 80.3. The van der Waals surface area contributed by atoms with E-state index in [4.69, 9.17) is 4.74 Å². The molecule has 1 saturated heterocycles. The Labute approximate surface area is 523 Å². The predicted octanol–water partition coefficient (Wildman–Crippen LogP) is 17.5. The maximum absolute atomic E-state index is 12.9. The minimum atomic E-state index is -0.428. The molecule has 0 aliphatic carbocycles. The maximum atomic E-state index is 12.9. The van der Waals surface area contributed by atoms with Crippen LogP contribution in [0.1, 0.15) is 304 Å². The van der Waals surface area contributed by atoms with Gasteiger partial charge in [-0.1, -0.05) is 253 Å². The molecule has 83 heavy (non-hydrogen) atoms.